The normalized spacial score (nSPS) is 16.9. The molecule has 0 saturated heterocycles. The topological polar surface area (TPSA) is 46.1 Å². The maximum Gasteiger partial charge on any atom is 0.222 e. The predicted molar refractivity (Wildman–Crippen MR) is 92.5 cm³/mol. The fourth-order valence-corrected chi connectivity index (χ4v) is 4.36. The van der Waals surface area contributed by atoms with Crippen molar-refractivity contribution in [1.29, 1.82) is 0 Å². The van der Waals surface area contributed by atoms with Crippen LogP contribution in [-0.2, 0) is 17.6 Å². The number of thiazole rings is 1. The molecule has 0 bridgehead atoms. The van der Waals surface area contributed by atoms with Gasteiger partial charge in [-0.15, -0.1) is 11.3 Å². The molecule has 0 aliphatic heterocycles. The first-order valence-electron chi connectivity index (χ1n) is 8.27. The van der Waals surface area contributed by atoms with E-state index in [1.54, 1.807) is 17.5 Å². The molecule has 1 aliphatic rings. The Bertz CT molecular complexity index is 668. The van der Waals surface area contributed by atoms with E-state index in [0.29, 0.717) is 6.42 Å². The molecule has 1 atom stereocenters. The largest absolute Gasteiger partial charge is 0.338 e. The first-order chi connectivity index (χ1) is 11.1. The van der Waals surface area contributed by atoms with Gasteiger partial charge in [0, 0.05) is 25.4 Å². The molecule has 0 fully saturated rings. The van der Waals surface area contributed by atoms with Crippen LogP contribution in [0.5, 0.6) is 0 Å². The zero-order chi connectivity index (χ0) is 16.2. The van der Waals surface area contributed by atoms with Crippen LogP contribution in [0.4, 0.5) is 0 Å². The van der Waals surface area contributed by atoms with E-state index in [-0.39, 0.29) is 11.9 Å². The monoisotopic (exact) mass is 329 g/mol. The van der Waals surface area contributed by atoms with Crippen LogP contribution in [0.25, 0.3) is 0 Å². The summed E-state index contributed by atoms with van der Waals surface area (Å²) in [5.41, 5.74) is 2.26. The summed E-state index contributed by atoms with van der Waals surface area (Å²) in [6, 6.07) is 6.14. The van der Waals surface area contributed by atoms with E-state index < -0.39 is 0 Å². The first-order valence-corrected chi connectivity index (χ1v) is 9.08. The van der Waals surface area contributed by atoms with Gasteiger partial charge in [-0.3, -0.25) is 9.78 Å². The molecule has 0 radical (unpaired) electrons. The molecular formula is C18H23N3OS. The summed E-state index contributed by atoms with van der Waals surface area (Å²) in [6.45, 7) is 2.05. The van der Waals surface area contributed by atoms with E-state index in [4.69, 9.17) is 0 Å². The summed E-state index contributed by atoms with van der Waals surface area (Å²) < 4.78 is 0. The Balaban J connectivity index is 1.57. The molecule has 2 heterocycles. The van der Waals surface area contributed by atoms with Gasteiger partial charge in [-0.1, -0.05) is 6.07 Å². The van der Waals surface area contributed by atoms with Gasteiger partial charge in [0.25, 0.3) is 0 Å². The zero-order valence-electron chi connectivity index (χ0n) is 13.8. The van der Waals surface area contributed by atoms with Crippen molar-refractivity contribution in [3.8, 4) is 0 Å². The molecule has 5 heteroatoms. The highest BCUT2D eigenvalue weighted by Gasteiger charge is 2.29. The standard InChI is InChI=1S/C18H23N3OS/c1-13-20-15-9-6-10-16(18(15)23-13)21(2)17(22)11-5-8-14-7-3-4-12-19-14/h3-4,7,12,16H,5-6,8-11H2,1-2H3/t16-/m1/s1. The van der Waals surface area contributed by atoms with Gasteiger partial charge in [-0.05, 0) is 51.2 Å². The highest BCUT2D eigenvalue weighted by Crippen LogP contribution is 2.37. The van der Waals surface area contributed by atoms with Crippen LogP contribution >= 0.6 is 11.3 Å². The van der Waals surface area contributed by atoms with E-state index in [1.165, 1.54) is 10.6 Å². The summed E-state index contributed by atoms with van der Waals surface area (Å²) in [4.78, 5) is 24.7. The lowest BCUT2D eigenvalue weighted by Crippen LogP contribution is -2.32. The number of carbonyl (C=O) groups excluding carboxylic acids is 1. The quantitative estimate of drug-likeness (QED) is 0.840. The van der Waals surface area contributed by atoms with Crippen LogP contribution in [0.15, 0.2) is 24.4 Å². The number of aromatic nitrogens is 2. The molecule has 1 aliphatic carbocycles. The number of pyridine rings is 1. The highest BCUT2D eigenvalue weighted by atomic mass is 32.1. The van der Waals surface area contributed by atoms with Gasteiger partial charge in [-0.25, -0.2) is 4.98 Å². The first kappa shape index (κ1) is 16.1. The number of carbonyl (C=O) groups is 1. The highest BCUT2D eigenvalue weighted by molar-refractivity contribution is 7.11. The SMILES string of the molecule is Cc1nc2c(s1)[C@H](N(C)C(=O)CCCc1ccccn1)CCC2. The lowest BCUT2D eigenvalue weighted by molar-refractivity contribution is -0.132. The minimum atomic E-state index is 0.215. The molecule has 0 aromatic carbocycles. The van der Waals surface area contributed by atoms with Gasteiger partial charge in [0.05, 0.1) is 21.6 Å². The summed E-state index contributed by atoms with van der Waals surface area (Å²) in [6.07, 6.45) is 7.31. The summed E-state index contributed by atoms with van der Waals surface area (Å²) in [7, 11) is 1.94. The third kappa shape index (κ3) is 3.78. The Morgan fingerprint density at radius 1 is 1.43 bits per heavy atom. The van der Waals surface area contributed by atoms with Gasteiger partial charge in [0.15, 0.2) is 0 Å². The molecule has 2 aromatic heterocycles. The Kier molecular flexibility index (Phi) is 5.06. The lowest BCUT2D eigenvalue weighted by Gasteiger charge is -2.30. The molecule has 0 N–H and O–H groups in total. The lowest BCUT2D eigenvalue weighted by atomic mass is 9.96. The van der Waals surface area contributed by atoms with Crippen LogP contribution in [0.1, 0.15) is 53.0 Å². The molecule has 122 valence electrons. The molecule has 0 saturated carbocycles. The Hall–Kier alpha value is -1.75. The molecule has 0 unspecified atom stereocenters. The van der Waals surface area contributed by atoms with Crippen LogP contribution in [0.3, 0.4) is 0 Å². The smallest absolute Gasteiger partial charge is 0.222 e. The minimum absolute atomic E-state index is 0.215. The van der Waals surface area contributed by atoms with Crippen molar-refractivity contribution in [2.45, 2.75) is 51.5 Å². The van der Waals surface area contributed by atoms with Crippen molar-refractivity contribution < 1.29 is 4.79 Å². The van der Waals surface area contributed by atoms with E-state index >= 15 is 0 Å². The van der Waals surface area contributed by atoms with Crippen molar-refractivity contribution in [3.63, 3.8) is 0 Å². The van der Waals surface area contributed by atoms with E-state index in [2.05, 4.69) is 16.9 Å². The third-order valence-corrected chi connectivity index (χ3v) is 5.55. The summed E-state index contributed by atoms with van der Waals surface area (Å²) in [5, 5.41) is 1.11. The third-order valence-electron chi connectivity index (χ3n) is 4.44. The number of fused-ring (bicyclic) bond motifs is 1. The van der Waals surface area contributed by atoms with Crippen LogP contribution < -0.4 is 0 Å². The van der Waals surface area contributed by atoms with E-state index in [0.717, 1.165) is 42.8 Å². The van der Waals surface area contributed by atoms with Gasteiger partial charge in [0.1, 0.15) is 0 Å². The van der Waals surface area contributed by atoms with Crippen molar-refractivity contribution >= 4 is 17.2 Å². The average Bonchev–Trinajstić information content (AvgIpc) is 2.95. The molecule has 1 amide bonds. The van der Waals surface area contributed by atoms with Crippen molar-refractivity contribution in [2.75, 3.05) is 7.05 Å². The summed E-state index contributed by atoms with van der Waals surface area (Å²) >= 11 is 1.75. The second kappa shape index (κ2) is 7.21. The number of aryl methyl sites for hydroxylation is 3. The number of amides is 1. The molecule has 2 aromatic rings. The maximum atomic E-state index is 12.5. The second-order valence-corrected chi connectivity index (χ2v) is 7.37. The summed E-state index contributed by atoms with van der Waals surface area (Å²) in [5.74, 6) is 0.227. The average molecular weight is 329 g/mol. The van der Waals surface area contributed by atoms with E-state index in [1.807, 2.05) is 30.1 Å². The van der Waals surface area contributed by atoms with Crippen molar-refractivity contribution in [3.05, 3.63) is 45.7 Å². The van der Waals surface area contributed by atoms with Crippen molar-refractivity contribution in [2.24, 2.45) is 0 Å². The second-order valence-electron chi connectivity index (χ2n) is 6.13. The van der Waals surface area contributed by atoms with Gasteiger partial charge >= 0.3 is 0 Å². The Morgan fingerprint density at radius 2 is 2.30 bits per heavy atom. The predicted octanol–water partition coefficient (Wildman–Crippen LogP) is 3.71. The molecular weight excluding hydrogens is 306 g/mol. The van der Waals surface area contributed by atoms with Crippen LogP contribution in [0, 0.1) is 6.92 Å². The van der Waals surface area contributed by atoms with E-state index in [9.17, 15) is 4.79 Å². The van der Waals surface area contributed by atoms with Gasteiger partial charge < -0.3 is 4.90 Å². The van der Waals surface area contributed by atoms with Gasteiger partial charge in [0.2, 0.25) is 5.91 Å². The zero-order valence-corrected chi connectivity index (χ0v) is 14.6. The Labute approximate surface area is 141 Å². The molecule has 3 rings (SSSR count). The maximum absolute atomic E-state index is 12.5. The number of rotatable bonds is 5. The molecule has 0 spiro atoms. The van der Waals surface area contributed by atoms with Crippen LogP contribution in [-0.4, -0.2) is 27.8 Å². The molecule has 23 heavy (non-hydrogen) atoms. The minimum Gasteiger partial charge on any atom is -0.338 e. The van der Waals surface area contributed by atoms with Gasteiger partial charge in [-0.2, -0.15) is 0 Å². The number of nitrogens with zero attached hydrogens (tertiary/aromatic N) is 3. The fourth-order valence-electron chi connectivity index (χ4n) is 3.21. The number of hydrogen-bond acceptors (Lipinski definition) is 4. The van der Waals surface area contributed by atoms with Crippen molar-refractivity contribution in [1.82, 2.24) is 14.9 Å². The Morgan fingerprint density at radius 3 is 3.09 bits per heavy atom. The fraction of sp³-hybridized carbons (Fsp3) is 0.500. The molecule has 4 nitrogen and oxygen atoms in total. The number of hydrogen-bond donors (Lipinski definition) is 0. The van der Waals surface area contributed by atoms with Crippen LogP contribution in [0.2, 0.25) is 0 Å².